The van der Waals surface area contributed by atoms with Crippen molar-refractivity contribution in [2.24, 2.45) is 11.8 Å². The molecule has 1 aliphatic carbocycles. The Labute approximate surface area is 154 Å². The largest absolute Gasteiger partial charge is 0.493 e. The molecule has 2 atom stereocenters. The molecule has 134 valence electrons. The maximum Gasteiger partial charge on any atom is 0.230 e. The molecule has 0 radical (unpaired) electrons. The van der Waals surface area contributed by atoms with Crippen molar-refractivity contribution in [1.29, 1.82) is 0 Å². The highest BCUT2D eigenvalue weighted by atomic mass is 16.5. The lowest BCUT2D eigenvalue weighted by Crippen LogP contribution is -2.29. The predicted octanol–water partition coefficient (Wildman–Crippen LogP) is 3.77. The van der Waals surface area contributed by atoms with E-state index in [2.05, 4.69) is 18.2 Å². The molecule has 1 aliphatic heterocycles. The number of rotatable bonds is 6. The monoisotopic (exact) mass is 349 g/mol. The molecule has 4 heteroatoms. The first-order valence-electron chi connectivity index (χ1n) is 9.00. The van der Waals surface area contributed by atoms with E-state index in [0.717, 1.165) is 35.5 Å². The van der Waals surface area contributed by atoms with Gasteiger partial charge in [-0.2, -0.15) is 0 Å². The third-order valence-corrected chi connectivity index (χ3v) is 5.25. The molecule has 0 aromatic heterocycles. The van der Waals surface area contributed by atoms with Crippen molar-refractivity contribution in [3.63, 3.8) is 0 Å². The molecule has 2 aromatic carbocycles. The Hall–Kier alpha value is -2.75. The molecule has 2 fully saturated rings. The number of nitrogens with zero attached hydrogens (tertiary/aromatic N) is 1. The summed E-state index contributed by atoms with van der Waals surface area (Å²) < 4.78 is 10.7. The van der Waals surface area contributed by atoms with Gasteiger partial charge >= 0.3 is 0 Å². The van der Waals surface area contributed by atoms with Gasteiger partial charge in [-0.05, 0) is 42.2 Å². The van der Waals surface area contributed by atoms with Gasteiger partial charge < -0.3 is 14.4 Å². The van der Waals surface area contributed by atoms with Crippen LogP contribution in [0.2, 0.25) is 0 Å². The Morgan fingerprint density at radius 2 is 1.81 bits per heavy atom. The van der Waals surface area contributed by atoms with Crippen molar-refractivity contribution >= 4 is 12.0 Å². The van der Waals surface area contributed by atoms with Crippen molar-refractivity contribution < 1.29 is 14.3 Å². The molecular formula is C22H23NO3. The maximum atomic E-state index is 12.6. The maximum absolute atomic E-state index is 12.6. The zero-order valence-corrected chi connectivity index (χ0v) is 15.1. The van der Waals surface area contributed by atoms with Crippen LogP contribution in [0.4, 0.5) is 0 Å². The average molecular weight is 349 g/mol. The van der Waals surface area contributed by atoms with E-state index < -0.39 is 0 Å². The van der Waals surface area contributed by atoms with Crippen molar-refractivity contribution in [1.82, 2.24) is 4.90 Å². The van der Waals surface area contributed by atoms with Crippen molar-refractivity contribution in [2.45, 2.75) is 12.8 Å². The smallest absolute Gasteiger partial charge is 0.230 e. The zero-order chi connectivity index (χ0) is 18.1. The van der Waals surface area contributed by atoms with Gasteiger partial charge in [0.05, 0.1) is 14.2 Å². The van der Waals surface area contributed by atoms with E-state index in [1.807, 2.05) is 41.3 Å². The molecule has 26 heavy (non-hydrogen) atoms. The molecule has 0 bridgehead atoms. The molecule has 4 rings (SSSR count). The molecule has 2 aliphatic rings. The molecule has 2 aromatic rings. The highest BCUT2D eigenvalue weighted by Gasteiger charge is 2.55. The van der Waals surface area contributed by atoms with Gasteiger partial charge in [-0.3, -0.25) is 4.79 Å². The standard InChI is InChI=1S/C22H23NO3/c1-25-20-9-8-16(13-21(20)26-2)10-11-23-19(17-14-18(17)22(23)24)12-15-6-4-3-5-7-15/h3-9,12-13,17-18H,10-11,14H2,1-2H3/b19-12-. The molecule has 1 heterocycles. The summed E-state index contributed by atoms with van der Waals surface area (Å²) in [6, 6.07) is 16.2. The van der Waals surface area contributed by atoms with Crippen LogP contribution in [0, 0.1) is 11.8 Å². The van der Waals surface area contributed by atoms with E-state index in [0.29, 0.717) is 12.5 Å². The highest BCUT2D eigenvalue weighted by Crippen LogP contribution is 2.53. The molecule has 2 unspecified atom stereocenters. The Bertz CT molecular complexity index is 844. The first kappa shape index (κ1) is 16.7. The lowest BCUT2D eigenvalue weighted by molar-refractivity contribution is -0.128. The lowest BCUT2D eigenvalue weighted by atomic mass is 10.1. The van der Waals surface area contributed by atoms with Crippen molar-refractivity contribution in [3.05, 3.63) is 65.4 Å². The number of carbonyl (C=O) groups is 1. The summed E-state index contributed by atoms with van der Waals surface area (Å²) in [6.07, 6.45) is 3.96. The van der Waals surface area contributed by atoms with Crippen molar-refractivity contribution in [3.8, 4) is 11.5 Å². The van der Waals surface area contributed by atoms with Crippen LogP contribution in [-0.4, -0.2) is 31.6 Å². The number of benzene rings is 2. The van der Waals surface area contributed by atoms with Gasteiger partial charge in [-0.15, -0.1) is 0 Å². The second-order valence-corrected chi connectivity index (χ2v) is 6.86. The minimum Gasteiger partial charge on any atom is -0.493 e. The SMILES string of the molecule is COc1ccc(CCN2C(=O)C3CC3/C2=C/c2ccccc2)cc1OC. The summed E-state index contributed by atoms with van der Waals surface area (Å²) in [6.45, 7) is 0.694. The first-order chi connectivity index (χ1) is 12.7. The van der Waals surface area contributed by atoms with Crippen LogP contribution in [0.1, 0.15) is 17.5 Å². The number of hydrogen-bond donors (Lipinski definition) is 0. The van der Waals surface area contributed by atoms with Crippen LogP contribution in [0.3, 0.4) is 0 Å². The Morgan fingerprint density at radius 1 is 1.04 bits per heavy atom. The molecule has 0 spiro atoms. The minimum atomic E-state index is 0.204. The Kier molecular flexibility index (Phi) is 4.41. The number of ether oxygens (including phenoxy) is 2. The number of carbonyl (C=O) groups excluding carboxylic acids is 1. The summed E-state index contributed by atoms with van der Waals surface area (Å²) in [7, 11) is 3.27. The third-order valence-electron chi connectivity index (χ3n) is 5.25. The highest BCUT2D eigenvalue weighted by molar-refractivity contribution is 5.89. The van der Waals surface area contributed by atoms with E-state index in [1.165, 1.54) is 5.70 Å². The lowest BCUT2D eigenvalue weighted by Gasteiger charge is -2.21. The fourth-order valence-electron chi connectivity index (χ4n) is 3.74. The molecule has 1 amide bonds. The van der Waals surface area contributed by atoms with Gasteiger partial charge in [0.15, 0.2) is 11.5 Å². The van der Waals surface area contributed by atoms with Crippen molar-refractivity contribution in [2.75, 3.05) is 20.8 Å². The van der Waals surface area contributed by atoms with Gasteiger partial charge in [-0.1, -0.05) is 36.4 Å². The van der Waals surface area contributed by atoms with E-state index in [4.69, 9.17) is 9.47 Å². The molecule has 1 saturated heterocycles. The fraction of sp³-hybridized carbons (Fsp3) is 0.318. The number of methoxy groups -OCH3 is 2. The van der Waals surface area contributed by atoms with Gasteiger partial charge in [0.2, 0.25) is 5.91 Å². The number of hydrogen-bond acceptors (Lipinski definition) is 3. The summed E-state index contributed by atoms with van der Waals surface area (Å²) >= 11 is 0. The van der Waals surface area contributed by atoms with Gasteiger partial charge in [-0.25, -0.2) is 0 Å². The third kappa shape index (κ3) is 3.07. The zero-order valence-electron chi connectivity index (χ0n) is 15.1. The van der Waals surface area contributed by atoms with Crippen LogP contribution in [0.5, 0.6) is 11.5 Å². The quantitative estimate of drug-likeness (QED) is 0.797. The Balaban J connectivity index is 1.52. The summed E-state index contributed by atoms with van der Waals surface area (Å²) in [5.74, 6) is 2.33. The normalized spacial score (nSPS) is 22.5. The number of likely N-dealkylation sites (tertiary alicyclic amines) is 1. The fourth-order valence-corrected chi connectivity index (χ4v) is 3.74. The van der Waals surface area contributed by atoms with E-state index >= 15 is 0 Å². The molecule has 4 nitrogen and oxygen atoms in total. The first-order valence-corrected chi connectivity index (χ1v) is 9.00. The summed E-state index contributed by atoms with van der Waals surface area (Å²) in [5, 5.41) is 0. The Morgan fingerprint density at radius 3 is 2.54 bits per heavy atom. The van der Waals surface area contributed by atoms with Gasteiger partial charge in [0.1, 0.15) is 0 Å². The predicted molar refractivity (Wildman–Crippen MR) is 101 cm³/mol. The molecule has 1 saturated carbocycles. The van der Waals surface area contributed by atoms with E-state index in [9.17, 15) is 4.79 Å². The van der Waals surface area contributed by atoms with Crippen LogP contribution >= 0.6 is 0 Å². The van der Waals surface area contributed by atoms with Gasteiger partial charge in [0.25, 0.3) is 0 Å². The summed E-state index contributed by atoms with van der Waals surface area (Å²) in [4.78, 5) is 14.6. The number of allylic oxidation sites excluding steroid dienone is 1. The number of amides is 1. The van der Waals surface area contributed by atoms with Gasteiger partial charge in [0, 0.05) is 24.1 Å². The second kappa shape index (κ2) is 6.87. The van der Waals surface area contributed by atoms with Crippen LogP contribution in [0.15, 0.2) is 54.2 Å². The average Bonchev–Trinajstić information content (AvgIpc) is 3.43. The van der Waals surface area contributed by atoms with Crippen LogP contribution in [0.25, 0.3) is 6.08 Å². The van der Waals surface area contributed by atoms with Crippen LogP contribution in [-0.2, 0) is 11.2 Å². The second-order valence-electron chi connectivity index (χ2n) is 6.86. The van der Waals surface area contributed by atoms with E-state index in [1.54, 1.807) is 14.2 Å². The van der Waals surface area contributed by atoms with E-state index in [-0.39, 0.29) is 11.8 Å². The minimum absolute atomic E-state index is 0.204. The number of piperidine rings is 1. The number of fused-ring (bicyclic) bond motifs is 1. The van der Waals surface area contributed by atoms with Crippen LogP contribution < -0.4 is 9.47 Å². The molecule has 0 N–H and O–H groups in total. The topological polar surface area (TPSA) is 38.8 Å². The molecular weight excluding hydrogens is 326 g/mol. The summed E-state index contributed by atoms with van der Waals surface area (Å²) in [5.41, 5.74) is 3.46.